The minimum Gasteiger partial charge on any atom is -0.348 e. The van der Waals surface area contributed by atoms with Gasteiger partial charge < -0.3 is 9.47 Å². The van der Waals surface area contributed by atoms with E-state index in [4.69, 9.17) is 0 Å². The summed E-state index contributed by atoms with van der Waals surface area (Å²) in [5.74, 6) is -0.0196. The lowest BCUT2D eigenvalue weighted by Crippen LogP contribution is -2.39. The minimum absolute atomic E-state index is 0.0197. The molecule has 0 saturated carbocycles. The maximum absolute atomic E-state index is 12.3. The van der Waals surface area contributed by atoms with Crippen molar-refractivity contribution >= 4 is 17.4 Å². The van der Waals surface area contributed by atoms with E-state index in [2.05, 4.69) is 0 Å². The smallest absolute Gasteiger partial charge is 0.227 e. The van der Waals surface area contributed by atoms with Gasteiger partial charge >= 0.3 is 0 Å². The summed E-state index contributed by atoms with van der Waals surface area (Å²) < 4.78 is 1.78. The van der Waals surface area contributed by atoms with E-state index in [0.717, 1.165) is 17.7 Å². The molecule has 0 aliphatic carbocycles. The maximum Gasteiger partial charge on any atom is 0.227 e. The zero-order valence-electron chi connectivity index (χ0n) is 11.4. The third-order valence-electron chi connectivity index (χ3n) is 3.72. The second-order valence-electron chi connectivity index (χ2n) is 5.04. The van der Waals surface area contributed by atoms with Gasteiger partial charge in [-0.15, -0.1) is 0 Å². The van der Waals surface area contributed by atoms with Gasteiger partial charge in [0, 0.05) is 25.4 Å². The van der Waals surface area contributed by atoms with Crippen molar-refractivity contribution < 1.29 is 9.59 Å². The van der Waals surface area contributed by atoms with Crippen LogP contribution < -0.4 is 4.90 Å². The van der Waals surface area contributed by atoms with E-state index in [1.54, 1.807) is 15.5 Å². The molecule has 0 saturated heterocycles. The Labute approximate surface area is 117 Å². The summed E-state index contributed by atoms with van der Waals surface area (Å²) >= 11 is 0. The van der Waals surface area contributed by atoms with Gasteiger partial charge in [-0.25, -0.2) is 0 Å². The molecule has 0 unspecified atom stereocenters. The maximum atomic E-state index is 12.3. The predicted octanol–water partition coefficient (Wildman–Crippen LogP) is 2.19. The van der Waals surface area contributed by atoms with Crippen LogP contribution in [0.5, 0.6) is 0 Å². The normalized spacial score (nSPS) is 14.2. The Balaban J connectivity index is 1.89. The Morgan fingerprint density at radius 1 is 1.15 bits per heavy atom. The number of aryl methyl sites for hydroxylation is 2. The number of nitrogens with zero attached hydrogens (tertiary/aromatic N) is 2. The molecule has 0 spiro atoms. The Kier molecular flexibility index (Phi) is 3.14. The van der Waals surface area contributed by atoms with Gasteiger partial charge in [0.15, 0.2) is 5.78 Å². The largest absolute Gasteiger partial charge is 0.348 e. The Morgan fingerprint density at radius 2 is 1.95 bits per heavy atom. The van der Waals surface area contributed by atoms with E-state index in [0.29, 0.717) is 12.1 Å². The molecular weight excluding hydrogens is 252 g/mol. The third-order valence-corrected chi connectivity index (χ3v) is 3.72. The van der Waals surface area contributed by atoms with E-state index < -0.39 is 0 Å². The molecule has 102 valence electrons. The van der Waals surface area contributed by atoms with E-state index in [1.807, 2.05) is 43.6 Å². The highest BCUT2D eigenvalue weighted by Gasteiger charge is 2.26. The number of para-hydroxylation sites is 1. The summed E-state index contributed by atoms with van der Waals surface area (Å²) in [5.41, 5.74) is 2.62. The Morgan fingerprint density at radius 3 is 2.70 bits per heavy atom. The van der Waals surface area contributed by atoms with Crippen LogP contribution in [0.1, 0.15) is 22.5 Å². The first kappa shape index (κ1) is 12.7. The average molecular weight is 268 g/mol. The number of hydrogen-bond acceptors (Lipinski definition) is 2. The number of rotatable bonds is 3. The van der Waals surface area contributed by atoms with Crippen LogP contribution in [0, 0.1) is 0 Å². The molecule has 2 aromatic rings. The molecule has 0 bridgehead atoms. The second kappa shape index (κ2) is 4.96. The zero-order chi connectivity index (χ0) is 14.1. The number of ketones is 1. The van der Waals surface area contributed by atoms with E-state index in [1.165, 1.54) is 0 Å². The van der Waals surface area contributed by atoms with E-state index in [-0.39, 0.29) is 18.2 Å². The monoisotopic (exact) mass is 268 g/mol. The SMILES string of the molecule is Cn1cccc1C(=O)CN1C(=O)CCc2ccccc21. The Hall–Kier alpha value is -2.36. The summed E-state index contributed by atoms with van der Waals surface area (Å²) in [6.07, 6.45) is 3.06. The van der Waals surface area contributed by atoms with Gasteiger partial charge in [0.05, 0.1) is 12.2 Å². The van der Waals surface area contributed by atoms with Crippen LogP contribution in [0.25, 0.3) is 0 Å². The van der Waals surface area contributed by atoms with Crippen molar-refractivity contribution in [1.82, 2.24) is 4.57 Å². The highest BCUT2D eigenvalue weighted by molar-refractivity contribution is 6.06. The molecule has 2 heterocycles. The highest BCUT2D eigenvalue weighted by Crippen LogP contribution is 2.27. The fourth-order valence-electron chi connectivity index (χ4n) is 2.65. The quantitative estimate of drug-likeness (QED) is 0.801. The summed E-state index contributed by atoms with van der Waals surface area (Å²) in [6, 6.07) is 11.4. The topological polar surface area (TPSA) is 42.3 Å². The van der Waals surface area contributed by atoms with Crippen molar-refractivity contribution in [2.24, 2.45) is 7.05 Å². The molecule has 0 N–H and O–H groups in total. The highest BCUT2D eigenvalue weighted by atomic mass is 16.2. The van der Waals surface area contributed by atoms with E-state index in [9.17, 15) is 9.59 Å². The van der Waals surface area contributed by atoms with Gasteiger partial charge in [0.2, 0.25) is 5.91 Å². The zero-order valence-corrected chi connectivity index (χ0v) is 11.4. The first-order valence-electron chi connectivity index (χ1n) is 6.69. The lowest BCUT2D eigenvalue weighted by molar-refractivity contribution is -0.118. The van der Waals surface area contributed by atoms with Gasteiger partial charge in [0.1, 0.15) is 0 Å². The summed E-state index contributed by atoms with van der Waals surface area (Å²) in [7, 11) is 1.83. The molecule has 1 aliphatic rings. The Bertz CT molecular complexity index is 673. The summed E-state index contributed by atoms with van der Waals surface area (Å²) in [4.78, 5) is 26.1. The standard InChI is InChI=1S/C16H16N2O2/c1-17-10-4-7-14(17)15(19)11-18-13-6-3-2-5-12(13)8-9-16(18)20/h2-7,10H,8-9,11H2,1H3. The van der Waals surface area contributed by atoms with Crippen LogP contribution in [-0.2, 0) is 18.3 Å². The van der Waals surface area contributed by atoms with Crippen molar-refractivity contribution in [3.05, 3.63) is 53.9 Å². The average Bonchev–Trinajstić information content (AvgIpc) is 2.88. The molecule has 4 nitrogen and oxygen atoms in total. The first-order chi connectivity index (χ1) is 9.66. The van der Waals surface area contributed by atoms with Crippen molar-refractivity contribution in [1.29, 1.82) is 0 Å². The second-order valence-corrected chi connectivity index (χ2v) is 5.04. The van der Waals surface area contributed by atoms with Gasteiger partial charge in [-0.1, -0.05) is 18.2 Å². The summed E-state index contributed by atoms with van der Waals surface area (Å²) in [6.45, 7) is 0.105. The number of benzene rings is 1. The van der Waals surface area contributed by atoms with Gasteiger partial charge in [-0.2, -0.15) is 0 Å². The number of fused-ring (bicyclic) bond motifs is 1. The lowest BCUT2D eigenvalue weighted by Gasteiger charge is -2.28. The molecule has 0 fully saturated rings. The predicted molar refractivity (Wildman–Crippen MR) is 76.9 cm³/mol. The molecule has 20 heavy (non-hydrogen) atoms. The van der Waals surface area contributed by atoms with Gasteiger partial charge in [0.25, 0.3) is 0 Å². The summed E-state index contributed by atoms with van der Waals surface area (Å²) in [5, 5.41) is 0. The van der Waals surface area contributed by atoms with Crippen molar-refractivity contribution in [2.45, 2.75) is 12.8 Å². The molecule has 4 heteroatoms. The number of carbonyl (C=O) groups excluding carboxylic acids is 2. The van der Waals surface area contributed by atoms with E-state index >= 15 is 0 Å². The number of Topliss-reactive ketones (excluding diaryl/α,β-unsaturated/α-hetero) is 1. The third kappa shape index (κ3) is 2.13. The molecule has 0 atom stereocenters. The minimum atomic E-state index is -0.0393. The number of aromatic nitrogens is 1. The van der Waals surface area contributed by atoms with Crippen molar-refractivity contribution in [3.63, 3.8) is 0 Å². The number of carbonyl (C=O) groups is 2. The van der Waals surface area contributed by atoms with Crippen LogP contribution in [0.2, 0.25) is 0 Å². The van der Waals surface area contributed by atoms with Gasteiger partial charge in [-0.05, 0) is 30.2 Å². The molecule has 0 radical (unpaired) electrons. The molecule has 1 aliphatic heterocycles. The van der Waals surface area contributed by atoms with Crippen LogP contribution in [0.4, 0.5) is 5.69 Å². The van der Waals surface area contributed by atoms with Crippen LogP contribution in [0.15, 0.2) is 42.6 Å². The number of anilines is 1. The van der Waals surface area contributed by atoms with Crippen molar-refractivity contribution in [3.8, 4) is 0 Å². The van der Waals surface area contributed by atoms with Crippen molar-refractivity contribution in [2.75, 3.05) is 11.4 Å². The van der Waals surface area contributed by atoms with Crippen LogP contribution >= 0.6 is 0 Å². The van der Waals surface area contributed by atoms with Gasteiger partial charge in [-0.3, -0.25) is 9.59 Å². The molecular formula is C16H16N2O2. The number of amides is 1. The fraction of sp³-hybridized carbons (Fsp3) is 0.250. The fourth-order valence-corrected chi connectivity index (χ4v) is 2.65. The van der Waals surface area contributed by atoms with Crippen LogP contribution in [0.3, 0.4) is 0 Å². The number of hydrogen-bond donors (Lipinski definition) is 0. The molecule has 1 aromatic heterocycles. The van der Waals surface area contributed by atoms with Crippen LogP contribution in [-0.4, -0.2) is 22.8 Å². The molecule has 1 aromatic carbocycles. The molecule has 3 rings (SSSR count). The first-order valence-corrected chi connectivity index (χ1v) is 6.69. The lowest BCUT2D eigenvalue weighted by atomic mass is 10.0. The molecule has 1 amide bonds.